The average molecular weight is 274 g/mol. The third kappa shape index (κ3) is 13.0. The maximum atomic E-state index is 5.70. The number of ether oxygens (including phenoxy) is 2. The summed E-state index contributed by atoms with van der Waals surface area (Å²) >= 11 is 0. The Hall–Kier alpha value is -1.40. The van der Waals surface area contributed by atoms with Crippen LogP contribution in [0.5, 0.6) is 0 Å². The molecule has 0 rings (SSSR count). The molecular formula is C18H26O2. The van der Waals surface area contributed by atoms with Gasteiger partial charge in [-0.25, -0.2) is 0 Å². The Balaban J connectivity index is 3.95. The first-order chi connectivity index (χ1) is 9.85. The molecule has 0 N–H and O–H groups in total. The standard InChI is InChI=1S/C18H26O2/c1-4-7-10-13-16-19-18(15-12-9-6-3)20-17-14-11-8-5-2/h18H,4,6,11,13-17H2,1-3H3. The van der Waals surface area contributed by atoms with Crippen LogP contribution in [0, 0.1) is 35.5 Å². The van der Waals surface area contributed by atoms with Crippen molar-refractivity contribution in [3.8, 4) is 35.5 Å². The topological polar surface area (TPSA) is 18.5 Å². The SMILES string of the molecule is CC#CCCCOC(CC#CCC)OCCC#CCC. The van der Waals surface area contributed by atoms with Crippen molar-refractivity contribution in [3.63, 3.8) is 0 Å². The zero-order valence-corrected chi connectivity index (χ0v) is 13.1. The zero-order valence-electron chi connectivity index (χ0n) is 13.1. The van der Waals surface area contributed by atoms with Gasteiger partial charge in [-0.2, -0.15) is 0 Å². The Kier molecular flexibility index (Phi) is 14.6. The van der Waals surface area contributed by atoms with E-state index in [9.17, 15) is 0 Å². The highest BCUT2D eigenvalue weighted by molar-refractivity contribution is 4.99. The molecule has 0 radical (unpaired) electrons. The minimum atomic E-state index is -0.243. The molecule has 20 heavy (non-hydrogen) atoms. The van der Waals surface area contributed by atoms with E-state index in [-0.39, 0.29) is 6.29 Å². The Morgan fingerprint density at radius 1 is 0.800 bits per heavy atom. The molecule has 0 fully saturated rings. The minimum absolute atomic E-state index is 0.243. The van der Waals surface area contributed by atoms with Crippen molar-refractivity contribution in [2.45, 2.75) is 65.6 Å². The van der Waals surface area contributed by atoms with E-state index < -0.39 is 0 Å². The van der Waals surface area contributed by atoms with E-state index in [0.29, 0.717) is 19.6 Å². The summed E-state index contributed by atoms with van der Waals surface area (Å²) in [5.41, 5.74) is 0. The molecule has 0 aliphatic heterocycles. The molecule has 0 aliphatic rings. The van der Waals surface area contributed by atoms with Crippen LogP contribution in [-0.2, 0) is 9.47 Å². The largest absolute Gasteiger partial charge is 0.352 e. The lowest BCUT2D eigenvalue weighted by Gasteiger charge is -2.15. The van der Waals surface area contributed by atoms with E-state index in [0.717, 1.165) is 32.1 Å². The van der Waals surface area contributed by atoms with Crippen LogP contribution in [0.1, 0.15) is 59.3 Å². The predicted molar refractivity (Wildman–Crippen MR) is 83.7 cm³/mol. The first kappa shape index (κ1) is 18.6. The fourth-order valence-corrected chi connectivity index (χ4v) is 1.40. The van der Waals surface area contributed by atoms with Crippen molar-refractivity contribution in [3.05, 3.63) is 0 Å². The number of unbranched alkanes of at least 4 members (excludes halogenated alkanes) is 1. The summed E-state index contributed by atoms with van der Waals surface area (Å²) < 4.78 is 11.4. The van der Waals surface area contributed by atoms with Gasteiger partial charge in [-0.05, 0) is 13.3 Å². The molecule has 0 saturated carbocycles. The summed E-state index contributed by atoms with van der Waals surface area (Å²) in [6.07, 6.45) is 4.67. The van der Waals surface area contributed by atoms with Gasteiger partial charge in [0.15, 0.2) is 6.29 Å². The van der Waals surface area contributed by atoms with Gasteiger partial charge in [0.05, 0.1) is 19.6 Å². The van der Waals surface area contributed by atoms with Gasteiger partial charge in [0.25, 0.3) is 0 Å². The van der Waals surface area contributed by atoms with Crippen molar-refractivity contribution in [1.82, 2.24) is 0 Å². The van der Waals surface area contributed by atoms with Gasteiger partial charge in [0.1, 0.15) is 0 Å². The molecule has 1 unspecified atom stereocenters. The van der Waals surface area contributed by atoms with Crippen LogP contribution in [0.25, 0.3) is 0 Å². The normalized spacial score (nSPS) is 10.3. The van der Waals surface area contributed by atoms with E-state index in [2.05, 4.69) is 35.5 Å². The fraction of sp³-hybridized carbons (Fsp3) is 0.667. The maximum Gasteiger partial charge on any atom is 0.168 e. The number of hydrogen-bond acceptors (Lipinski definition) is 2. The van der Waals surface area contributed by atoms with E-state index in [1.54, 1.807) is 0 Å². The molecule has 0 bridgehead atoms. The van der Waals surface area contributed by atoms with E-state index in [4.69, 9.17) is 9.47 Å². The zero-order chi connectivity index (χ0) is 14.9. The molecule has 0 aromatic rings. The Bertz CT molecular complexity index is 392. The van der Waals surface area contributed by atoms with Crippen LogP contribution in [0.4, 0.5) is 0 Å². The lowest BCUT2D eigenvalue weighted by Crippen LogP contribution is -2.18. The lowest BCUT2D eigenvalue weighted by molar-refractivity contribution is -0.137. The van der Waals surface area contributed by atoms with Gasteiger partial charge in [-0.15, -0.1) is 29.6 Å². The summed E-state index contributed by atoms with van der Waals surface area (Å²) in [6.45, 7) is 7.19. The molecule has 0 amide bonds. The van der Waals surface area contributed by atoms with Crippen LogP contribution in [0.3, 0.4) is 0 Å². The van der Waals surface area contributed by atoms with Crippen molar-refractivity contribution in [2.24, 2.45) is 0 Å². The van der Waals surface area contributed by atoms with Crippen LogP contribution < -0.4 is 0 Å². The molecule has 0 heterocycles. The first-order valence-electron chi connectivity index (χ1n) is 7.39. The van der Waals surface area contributed by atoms with Crippen LogP contribution in [0.15, 0.2) is 0 Å². The lowest BCUT2D eigenvalue weighted by atomic mass is 10.3. The van der Waals surface area contributed by atoms with E-state index in [1.165, 1.54) is 0 Å². The molecule has 2 nitrogen and oxygen atoms in total. The molecular weight excluding hydrogens is 248 g/mol. The van der Waals surface area contributed by atoms with Gasteiger partial charge in [0, 0.05) is 25.7 Å². The second-order valence-corrected chi connectivity index (χ2v) is 4.07. The quantitative estimate of drug-likeness (QED) is 0.381. The second-order valence-electron chi connectivity index (χ2n) is 4.07. The van der Waals surface area contributed by atoms with Gasteiger partial charge in [0.2, 0.25) is 0 Å². The van der Waals surface area contributed by atoms with Gasteiger partial charge >= 0.3 is 0 Å². The number of rotatable bonds is 8. The van der Waals surface area contributed by atoms with Crippen LogP contribution in [0.2, 0.25) is 0 Å². The molecule has 0 saturated heterocycles. The summed E-state index contributed by atoms with van der Waals surface area (Å²) in [6, 6.07) is 0. The Morgan fingerprint density at radius 3 is 2.20 bits per heavy atom. The van der Waals surface area contributed by atoms with Gasteiger partial charge in [-0.3, -0.25) is 0 Å². The van der Waals surface area contributed by atoms with Crippen molar-refractivity contribution in [2.75, 3.05) is 13.2 Å². The second kappa shape index (κ2) is 15.7. The average Bonchev–Trinajstić information content (AvgIpc) is 2.46. The van der Waals surface area contributed by atoms with E-state index in [1.807, 2.05) is 20.8 Å². The van der Waals surface area contributed by atoms with Crippen LogP contribution in [-0.4, -0.2) is 19.5 Å². The highest BCUT2D eigenvalue weighted by atomic mass is 16.7. The Morgan fingerprint density at radius 2 is 1.50 bits per heavy atom. The smallest absolute Gasteiger partial charge is 0.168 e. The summed E-state index contributed by atoms with van der Waals surface area (Å²) in [4.78, 5) is 0. The first-order valence-corrected chi connectivity index (χ1v) is 7.39. The molecule has 0 aromatic heterocycles. The third-order valence-electron chi connectivity index (χ3n) is 2.33. The number of hydrogen-bond donors (Lipinski definition) is 0. The molecule has 0 aliphatic carbocycles. The Labute approximate surface area is 124 Å². The van der Waals surface area contributed by atoms with E-state index >= 15 is 0 Å². The van der Waals surface area contributed by atoms with Crippen LogP contribution >= 0.6 is 0 Å². The third-order valence-corrected chi connectivity index (χ3v) is 2.33. The predicted octanol–water partition coefficient (Wildman–Crippen LogP) is 3.76. The van der Waals surface area contributed by atoms with Crippen molar-refractivity contribution in [1.29, 1.82) is 0 Å². The highest BCUT2D eigenvalue weighted by Crippen LogP contribution is 2.03. The monoisotopic (exact) mass is 274 g/mol. The summed E-state index contributed by atoms with van der Waals surface area (Å²) in [7, 11) is 0. The molecule has 0 aromatic carbocycles. The summed E-state index contributed by atoms with van der Waals surface area (Å²) in [5.74, 6) is 18.1. The molecule has 2 heteroatoms. The molecule has 1 atom stereocenters. The maximum absolute atomic E-state index is 5.70. The van der Waals surface area contributed by atoms with Crippen molar-refractivity contribution >= 4 is 0 Å². The van der Waals surface area contributed by atoms with Crippen molar-refractivity contribution < 1.29 is 9.47 Å². The fourth-order valence-electron chi connectivity index (χ4n) is 1.40. The van der Waals surface area contributed by atoms with Gasteiger partial charge in [-0.1, -0.05) is 19.8 Å². The molecule has 0 spiro atoms. The van der Waals surface area contributed by atoms with Gasteiger partial charge < -0.3 is 9.47 Å². The summed E-state index contributed by atoms with van der Waals surface area (Å²) in [5, 5.41) is 0. The molecule has 110 valence electrons. The highest BCUT2D eigenvalue weighted by Gasteiger charge is 2.06. The minimum Gasteiger partial charge on any atom is -0.352 e.